The van der Waals surface area contributed by atoms with E-state index in [0.29, 0.717) is 5.69 Å². The molecule has 0 radical (unpaired) electrons. The van der Waals surface area contributed by atoms with E-state index in [-0.39, 0.29) is 0 Å². The van der Waals surface area contributed by atoms with Crippen molar-refractivity contribution in [3.05, 3.63) is 95.3 Å². The van der Waals surface area contributed by atoms with Crippen molar-refractivity contribution in [1.82, 2.24) is 9.97 Å². The number of aromatic nitrogens is 2. The molecule has 0 spiro atoms. The predicted octanol–water partition coefficient (Wildman–Crippen LogP) is 5.00. The average Bonchev–Trinajstić information content (AvgIpc) is 2.68. The number of pyridine rings is 2. The van der Waals surface area contributed by atoms with Crippen molar-refractivity contribution in [2.45, 2.75) is 20.0 Å². The number of fused-ring (bicyclic) bond motifs is 1. The molecule has 2 heterocycles. The van der Waals surface area contributed by atoms with E-state index in [0.717, 1.165) is 33.3 Å². The first kappa shape index (κ1) is 16.4. The largest absolute Gasteiger partial charge is 0.382 e. The Morgan fingerprint density at radius 2 is 1.62 bits per heavy atom. The van der Waals surface area contributed by atoms with Crippen LogP contribution in [0.25, 0.3) is 22.2 Å². The highest BCUT2D eigenvalue weighted by Crippen LogP contribution is 2.32. The first-order valence-corrected chi connectivity index (χ1v) is 8.69. The summed E-state index contributed by atoms with van der Waals surface area (Å²) in [4.78, 5) is 9.15. The summed E-state index contributed by atoms with van der Waals surface area (Å²) in [6.45, 7) is 4.11. The van der Waals surface area contributed by atoms with Crippen molar-refractivity contribution in [2.24, 2.45) is 0 Å². The van der Waals surface area contributed by atoms with Gasteiger partial charge in [-0.1, -0.05) is 47.5 Å². The second kappa shape index (κ2) is 6.70. The summed E-state index contributed by atoms with van der Waals surface area (Å²) in [7, 11) is 0. The van der Waals surface area contributed by atoms with Crippen LogP contribution in [-0.2, 0) is 0 Å². The number of aliphatic hydroxyl groups excluding tert-OH is 1. The molecule has 0 fully saturated rings. The van der Waals surface area contributed by atoms with Crippen LogP contribution in [0, 0.1) is 13.8 Å². The van der Waals surface area contributed by atoms with E-state index in [1.165, 1.54) is 5.56 Å². The number of nitrogens with zero attached hydrogens (tertiary/aromatic N) is 2. The summed E-state index contributed by atoms with van der Waals surface area (Å²) in [5, 5.41) is 12.0. The van der Waals surface area contributed by atoms with Gasteiger partial charge in [-0.05, 0) is 49.7 Å². The molecule has 2 aromatic heterocycles. The number of rotatable bonds is 3. The molecular formula is C23H20N2O. The molecule has 4 aromatic rings. The van der Waals surface area contributed by atoms with E-state index in [9.17, 15) is 5.11 Å². The molecular weight excluding hydrogens is 320 g/mol. The summed E-state index contributed by atoms with van der Waals surface area (Å²) < 4.78 is 0. The molecule has 128 valence electrons. The summed E-state index contributed by atoms with van der Waals surface area (Å²) in [5.74, 6) is 0. The Morgan fingerprint density at radius 3 is 2.35 bits per heavy atom. The standard InChI is InChI=1S/C23H20N2O/c1-15-6-9-17(10-7-15)22-14-19(23(26)21-5-3-4-12-24-21)18-13-16(2)8-11-20(18)25-22/h3-14,23,26H,1-2H3. The number of hydrogen-bond donors (Lipinski definition) is 1. The fourth-order valence-corrected chi connectivity index (χ4v) is 3.16. The van der Waals surface area contributed by atoms with E-state index < -0.39 is 6.10 Å². The number of benzene rings is 2. The molecule has 2 aromatic carbocycles. The molecule has 0 bridgehead atoms. The van der Waals surface area contributed by atoms with Crippen molar-refractivity contribution in [2.75, 3.05) is 0 Å². The molecule has 0 saturated carbocycles. The second-order valence-electron chi connectivity index (χ2n) is 6.64. The Kier molecular flexibility index (Phi) is 4.23. The monoisotopic (exact) mass is 340 g/mol. The van der Waals surface area contributed by atoms with Gasteiger partial charge in [-0.3, -0.25) is 4.98 Å². The Balaban J connectivity index is 1.94. The fourth-order valence-electron chi connectivity index (χ4n) is 3.16. The first-order chi connectivity index (χ1) is 12.6. The van der Waals surface area contributed by atoms with Crippen LogP contribution in [-0.4, -0.2) is 15.1 Å². The second-order valence-corrected chi connectivity index (χ2v) is 6.64. The molecule has 4 rings (SSSR count). The Bertz CT molecular complexity index is 1060. The lowest BCUT2D eigenvalue weighted by atomic mass is 9.97. The number of aliphatic hydroxyl groups is 1. The van der Waals surface area contributed by atoms with E-state index in [4.69, 9.17) is 4.98 Å². The molecule has 26 heavy (non-hydrogen) atoms. The highest BCUT2D eigenvalue weighted by molar-refractivity contribution is 5.86. The van der Waals surface area contributed by atoms with Crippen LogP contribution in [0.3, 0.4) is 0 Å². The minimum Gasteiger partial charge on any atom is -0.382 e. The predicted molar refractivity (Wildman–Crippen MR) is 105 cm³/mol. The van der Waals surface area contributed by atoms with E-state index in [1.807, 2.05) is 43.3 Å². The summed E-state index contributed by atoms with van der Waals surface area (Å²) >= 11 is 0. The highest BCUT2D eigenvalue weighted by atomic mass is 16.3. The molecule has 1 N–H and O–H groups in total. The Morgan fingerprint density at radius 1 is 0.846 bits per heavy atom. The smallest absolute Gasteiger partial charge is 0.122 e. The minimum absolute atomic E-state index is 0.636. The summed E-state index contributed by atoms with van der Waals surface area (Å²) in [6.07, 6.45) is 0.904. The van der Waals surface area contributed by atoms with Crippen LogP contribution in [0.5, 0.6) is 0 Å². The van der Waals surface area contributed by atoms with Gasteiger partial charge in [0, 0.05) is 17.1 Å². The molecule has 0 aliphatic rings. The minimum atomic E-state index is -0.798. The third-order valence-corrected chi connectivity index (χ3v) is 4.61. The first-order valence-electron chi connectivity index (χ1n) is 8.69. The molecule has 3 nitrogen and oxygen atoms in total. The zero-order valence-corrected chi connectivity index (χ0v) is 14.8. The number of hydrogen-bond acceptors (Lipinski definition) is 3. The molecule has 0 amide bonds. The van der Waals surface area contributed by atoms with Crippen LogP contribution < -0.4 is 0 Å². The molecule has 1 unspecified atom stereocenters. The maximum atomic E-state index is 11.0. The average molecular weight is 340 g/mol. The molecule has 1 atom stereocenters. The van der Waals surface area contributed by atoms with Gasteiger partial charge in [0.15, 0.2) is 0 Å². The van der Waals surface area contributed by atoms with Crippen LogP contribution in [0.1, 0.15) is 28.5 Å². The number of aryl methyl sites for hydroxylation is 2. The molecule has 0 aliphatic carbocycles. The van der Waals surface area contributed by atoms with Gasteiger partial charge in [0.1, 0.15) is 6.10 Å². The van der Waals surface area contributed by atoms with Crippen molar-refractivity contribution in [1.29, 1.82) is 0 Å². The molecule has 0 aliphatic heterocycles. The van der Waals surface area contributed by atoms with Crippen molar-refractivity contribution in [3.8, 4) is 11.3 Å². The van der Waals surface area contributed by atoms with Crippen LogP contribution in [0.4, 0.5) is 0 Å². The lowest BCUT2D eigenvalue weighted by molar-refractivity contribution is 0.217. The van der Waals surface area contributed by atoms with Crippen LogP contribution in [0.15, 0.2) is 72.9 Å². The van der Waals surface area contributed by atoms with Crippen LogP contribution in [0.2, 0.25) is 0 Å². The zero-order valence-electron chi connectivity index (χ0n) is 14.8. The van der Waals surface area contributed by atoms with Crippen molar-refractivity contribution < 1.29 is 5.11 Å². The third kappa shape index (κ3) is 3.09. The maximum absolute atomic E-state index is 11.0. The van der Waals surface area contributed by atoms with Gasteiger partial charge in [0.25, 0.3) is 0 Å². The van der Waals surface area contributed by atoms with Crippen molar-refractivity contribution >= 4 is 10.9 Å². The van der Waals surface area contributed by atoms with Crippen LogP contribution >= 0.6 is 0 Å². The quantitative estimate of drug-likeness (QED) is 0.571. The summed E-state index contributed by atoms with van der Waals surface area (Å²) in [5.41, 5.74) is 6.57. The highest BCUT2D eigenvalue weighted by Gasteiger charge is 2.17. The van der Waals surface area contributed by atoms with E-state index >= 15 is 0 Å². The van der Waals surface area contributed by atoms with E-state index in [1.54, 1.807) is 6.20 Å². The molecule has 3 heteroatoms. The van der Waals surface area contributed by atoms with Gasteiger partial charge in [-0.25, -0.2) is 4.98 Å². The SMILES string of the molecule is Cc1ccc(-c2cc(C(O)c3ccccn3)c3cc(C)ccc3n2)cc1. The van der Waals surface area contributed by atoms with Crippen molar-refractivity contribution in [3.63, 3.8) is 0 Å². The normalized spacial score (nSPS) is 12.3. The summed E-state index contributed by atoms with van der Waals surface area (Å²) in [6, 6.07) is 22.0. The lowest BCUT2D eigenvalue weighted by Crippen LogP contribution is -2.04. The lowest BCUT2D eigenvalue weighted by Gasteiger charge is -2.16. The maximum Gasteiger partial charge on any atom is 0.122 e. The van der Waals surface area contributed by atoms with Gasteiger partial charge < -0.3 is 5.11 Å². The van der Waals surface area contributed by atoms with Gasteiger partial charge in [0.05, 0.1) is 16.9 Å². The zero-order chi connectivity index (χ0) is 18.1. The Labute approximate surface area is 153 Å². The Hall–Kier alpha value is -3.04. The van der Waals surface area contributed by atoms with Gasteiger partial charge in [-0.15, -0.1) is 0 Å². The van der Waals surface area contributed by atoms with Gasteiger partial charge in [-0.2, -0.15) is 0 Å². The fraction of sp³-hybridized carbons (Fsp3) is 0.130. The van der Waals surface area contributed by atoms with Gasteiger partial charge in [0.2, 0.25) is 0 Å². The molecule has 0 saturated heterocycles. The van der Waals surface area contributed by atoms with Gasteiger partial charge >= 0.3 is 0 Å². The third-order valence-electron chi connectivity index (χ3n) is 4.61. The van der Waals surface area contributed by atoms with E-state index in [2.05, 4.69) is 42.2 Å². The topological polar surface area (TPSA) is 46.0 Å².